The Balaban J connectivity index is 1.74. The summed E-state index contributed by atoms with van der Waals surface area (Å²) < 4.78 is 0. The maximum Gasteiger partial charge on any atom is 0.141 e. The molecule has 1 fully saturated rings. The molecule has 0 bridgehead atoms. The van der Waals surface area contributed by atoms with Gasteiger partial charge in [-0.1, -0.05) is 0 Å². The normalized spacial score (nSPS) is 26.8. The Morgan fingerprint density at radius 3 is 2.69 bits per heavy atom. The van der Waals surface area contributed by atoms with E-state index in [1.54, 1.807) is 18.5 Å². The van der Waals surface area contributed by atoms with Gasteiger partial charge in [-0.25, -0.2) is 9.97 Å². The Bertz CT molecular complexity index is 259. The van der Waals surface area contributed by atoms with Gasteiger partial charge in [0.1, 0.15) is 5.82 Å². The average Bonchev–Trinajstić information content (AvgIpc) is 2.12. The summed E-state index contributed by atoms with van der Waals surface area (Å²) in [6.45, 7) is 0.693. The van der Waals surface area contributed by atoms with Gasteiger partial charge in [-0.15, -0.1) is 0 Å². The highest BCUT2D eigenvalue weighted by atomic mass is 16.3. The van der Waals surface area contributed by atoms with Gasteiger partial charge in [0.25, 0.3) is 0 Å². The lowest BCUT2D eigenvalue weighted by molar-refractivity contribution is 0.0616. The van der Waals surface area contributed by atoms with E-state index >= 15 is 0 Å². The predicted molar refractivity (Wildman–Crippen MR) is 47.9 cm³/mol. The molecule has 1 heterocycles. The molecule has 1 aromatic heterocycles. The number of rotatable bonds is 3. The Labute approximate surface area is 77.0 Å². The Morgan fingerprint density at radius 1 is 1.38 bits per heavy atom. The molecule has 0 radical (unpaired) electrons. The second-order valence-corrected chi connectivity index (χ2v) is 3.37. The summed E-state index contributed by atoms with van der Waals surface area (Å²) in [5.74, 6) is 0.809. The summed E-state index contributed by atoms with van der Waals surface area (Å²) in [7, 11) is 0. The first-order chi connectivity index (χ1) is 6.34. The summed E-state index contributed by atoms with van der Waals surface area (Å²) in [4.78, 5) is 8.18. The molecule has 4 nitrogen and oxygen atoms in total. The van der Waals surface area contributed by atoms with Crippen molar-refractivity contribution >= 4 is 0 Å². The first kappa shape index (κ1) is 8.59. The zero-order valence-corrected chi connectivity index (χ0v) is 7.35. The number of nitrogens with zero attached hydrogens (tertiary/aromatic N) is 2. The lowest BCUT2D eigenvalue weighted by Crippen LogP contribution is -2.43. The highest BCUT2D eigenvalue weighted by Crippen LogP contribution is 2.19. The van der Waals surface area contributed by atoms with E-state index in [9.17, 15) is 0 Å². The molecular weight excluding hydrogens is 166 g/mol. The topological polar surface area (TPSA) is 58.0 Å². The first-order valence-electron chi connectivity index (χ1n) is 4.52. The van der Waals surface area contributed by atoms with E-state index < -0.39 is 0 Å². The van der Waals surface area contributed by atoms with Crippen molar-refractivity contribution < 1.29 is 5.11 Å². The van der Waals surface area contributed by atoms with E-state index in [0.29, 0.717) is 12.6 Å². The van der Waals surface area contributed by atoms with Crippen LogP contribution in [0.4, 0.5) is 0 Å². The molecule has 0 saturated heterocycles. The molecule has 0 aromatic carbocycles. The number of hydrogen-bond donors (Lipinski definition) is 2. The van der Waals surface area contributed by atoms with Crippen LogP contribution in [-0.2, 0) is 6.54 Å². The van der Waals surface area contributed by atoms with Crippen LogP contribution in [-0.4, -0.2) is 27.2 Å². The smallest absolute Gasteiger partial charge is 0.141 e. The quantitative estimate of drug-likeness (QED) is 0.690. The standard InChI is InChI=1S/C9H13N3O/c13-8-4-7(5-8)12-6-9-10-2-1-3-11-9/h1-3,7-8,12-13H,4-6H2. The fraction of sp³-hybridized carbons (Fsp3) is 0.556. The second-order valence-electron chi connectivity index (χ2n) is 3.37. The summed E-state index contributed by atoms with van der Waals surface area (Å²) in [6, 6.07) is 2.25. The molecule has 70 valence electrons. The molecule has 0 amide bonds. The molecule has 1 aromatic rings. The highest BCUT2D eigenvalue weighted by molar-refractivity contribution is 4.91. The van der Waals surface area contributed by atoms with Crippen LogP contribution in [0.2, 0.25) is 0 Å². The second kappa shape index (κ2) is 3.81. The van der Waals surface area contributed by atoms with Gasteiger partial charge in [0.2, 0.25) is 0 Å². The van der Waals surface area contributed by atoms with Crippen molar-refractivity contribution in [3.05, 3.63) is 24.3 Å². The van der Waals surface area contributed by atoms with Gasteiger partial charge in [0, 0.05) is 18.4 Å². The summed E-state index contributed by atoms with van der Waals surface area (Å²) >= 11 is 0. The van der Waals surface area contributed by atoms with Crippen molar-refractivity contribution in [1.82, 2.24) is 15.3 Å². The van der Waals surface area contributed by atoms with Crippen molar-refractivity contribution in [1.29, 1.82) is 0 Å². The van der Waals surface area contributed by atoms with Crippen molar-refractivity contribution in [3.8, 4) is 0 Å². The monoisotopic (exact) mass is 179 g/mol. The first-order valence-corrected chi connectivity index (χ1v) is 4.52. The molecule has 0 unspecified atom stereocenters. The lowest BCUT2D eigenvalue weighted by atomic mass is 9.89. The molecule has 2 N–H and O–H groups in total. The molecule has 1 aliphatic carbocycles. The lowest BCUT2D eigenvalue weighted by Gasteiger charge is -2.31. The van der Waals surface area contributed by atoms with Crippen LogP contribution < -0.4 is 5.32 Å². The minimum Gasteiger partial charge on any atom is -0.393 e. The minimum absolute atomic E-state index is 0.103. The van der Waals surface area contributed by atoms with Crippen LogP contribution in [0.5, 0.6) is 0 Å². The van der Waals surface area contributed by atoms with Crippen molar-refractivity contribution in [3.63, 3.8) is 0 Å². The summed E-state index contributed by atoms with van der Waals surface area (Å²) in [5.41, 5.74) is 0. The van der Waals surface area contributed by atoms with E-state index in [1.165, 1.54) is 0 Å². The minimum atomic E-state index is -0.103. The van der Waals surface area contributed by atoms with E-state index in [0.717, 1.165) is 18.7 Å². The third kappa shape index (κ3) is 2.23. The zero-order valence-electron chi connectivity index (χ0n) is 7.35. The number of aromatic nitrogens is 2. The van der Waals surface area contributed by atoms with Crippen molar-refractivity contribution in [2.24, 2.45) is 0 Å². The van der Waals surface area contributed by atoms with Crippen LogP contribution >= 0.6 is 0 Å². The highest BCUT2D eigenvalue weighted by Gasteiger charge is 2.26. The fourth-order valence-corrected chi connectivity index (χ4v) is 1.41. The zero-order chi connectivity index (χ0) is 9.10. The van der Waals surface area contributed by atoms with Gasteiger partial charge in [0.15, 0.2) is 0 Å². The summed E-state index contributed by atoms with van der Waals surface area (Å²) in [5, 5.41) is 12.3. The van der Waals surface area contributed by atoms with E-state index in [1.807, 2.05) is 0 Å². The Morgan fingerprint density at radius 2 is 2.08 bits per heavy atom. The largest absolute Gasteiger partial charge is 0.393 e. The molecule has 4 heteroatoms. The molecule has 13 heavy (non-hydrogen) atoms. The third-order valence-electron chi connectivity index (χ3n) is 2.28. The summed E-state index contributed by atoms with van der Waals surface area (Å²) in [6.07, 6.45) is 5.08. The van der Waals surface area contributed by atoms with E-state index in [-0.39, 0.29) is 6.10 Å². The van der Waals surface area contributed by atoms with Gasteiger partial charge in [-0.2, -0.15) is 0 Å². The molecule has 1 saturated carbocycles. The molecule has 1 aliphatic rings. The van der Waals surface area contributed by atoms with Crippen molar-refractivity contribution in [2.75, 3.05) is 0 Å². The van der Waals surface area contributed by atoms with Gasteiger partial charge >= 0.3 is 0 Å². The SMILES string of the molecule is OC1CC(NCc2ncccn2)C1. The number of aliphatic hydroxyl groups excluding tert-OH is 1. The molecule has 0 atom stereocenters. The Hall–Kier alpha value is -1.00. The predicted octanol–water partition coefficient (Wildman–Crippen LogP) is 0.0895. The van der Waals surface area contributed by atoms with Crippen molar-refractivity contribution in [2.45, 2.75) is 31.5 Å². The number of hydrogen-bond acceptors (Lipinski definition) is 4. The van der Waals surface area contributed by atoms with Crippen LogP contribution in [0.1, 0.15) is 18.7 Å². The maximum atomic E-state index is 9.04. The van der Waals surface area contributed by atoms with Crippen LogP contribution in [0, 0.1) is 0 Å². The molecule has 0 aliphatic heterocycles. The van der Waals surface area contributed by atoms with Crippen LogP contribution in [0.15, 0.2) is 18.5 Å². The van der Waals surface area contributed by atoms with Gasteiger partial charge in [-0.3, -0.25) is 0 Å². The average molecular weight is 179 g/mol. The van der Waals surface area contributed by atoms with Gasteiger partial charge in [0.05, 0.1) is 12.6 Å². The number of nitrogens with one attached hydrogen (secondary N) is 1. The van der Waals surface area contributed by atoms with Crippen LogP contribution in [0.3, 0.4) is 0 Å². The van der Waals surface area contributed by atoms with Gasteiger partial charge in [-0.05, 0) is 18.9 Å². The maximum absolute atomic E-state index is 9.04. The molecular formula is C9H13N3O. The van der Waals surface area contributed by atoms with E-state index in [2.05, 4.69) is 15.3 Å². The van der Waals surface area contributed by atoms with E-state index in [4.69, 9.17) is 5.11 Å². The number of aliphatic hydroxyl groups is 1. The Kier molecular flexibility index (Phi) is 2.52. The van der Waals surface area contributed by atoms with Gasteiger partial charge < -0.3 is 10.4 Å². The van der Waals surface area contributed by atoms with Crippen LogP contribution in [0.25, 0.3) is 0 Å². The third-order valence-corrected chi connectivity index (χ3v) is 2.28. The molecule has 2 rings (SSSR count). The fourth-order valence-electron chi connectivity index (χ4n) is 1.41. The molecule has 0 spiro atoms.